The molecule has 0 aliphatic rings. The SMILES string of the molecule is NCCCCC(NC(=O)Nc1cccc(OCc2ccccc2)c1)C(=O)O. The monoisotopic (exact) mass is 371 g/mol. The summed E-state index contributed by atoms with van der Waals surface area (Å²) < 4.78 is 5.72. The summed E-state index contributed by atoms with van der Waals surface area (Å²) in [7, 11) is 0. The number of benzene rings is 2. The van der Waals surface area contributed by atoms with E-state index in [-0.39, 0.29) is 0 Å². The van der Waals surface area contributed by atoms with Crippen LogP contribution in [0.3, 0.4) is 0 Å². The van der Waals surface area contributed by atoms with Gasteiger partial charge in [0.05, 0.1) is 0 Å². The number of hydrogen-bond donors (Lipinski definition) is 4. The minimum atomic E-state index is -1.07. The van der Waals surface area contributed by atoms with Crippen LogP contribution in [0.5, 0.6) is 5.75 Å². The molecule has 0 saturated heterocycles. The maximum absolute atomic E-state index is 12.1. The number of carboxylic acids is 1. The number of unbranched alkanes of at least 4 members (excludes halogenated alkanes) is 1. The van der Waals surface area contributed by atoms with Gasteiger partial charge in [0.1, 0.15) is 18.4 Å². The van der Waals surface area contributed by atoms with E-state index in [1.165, 1.54) is 0 Å². The first kappa shape index (κ1) is 20.3. The molecular formula is C20H25N3O4. The van der Waals surface area contributed by atoms with Crippen LogP contribution in [0.15, 0.2) is 54.6 Å². The van der Waals surface area contributed by atoms with Crippen LogP contribution in [0.4, 0.5) is 10.5 Å². The fourth-order valence-corrected chi connectivity index (χ4v) is 2.48. The van der Waals surface area contributed by atoms with Gasteiger partial charge in [-0.15, -0.1) is 0 Å². The molecule has 7 heteroatoms. The molecule has 0 bridgehead atoms. The number of aliphatic carboxylic acids is 1. The molecule has 0 aliphatic heterocycles. The molecule has 2 rings (SSSR count). The fourth-order valence-electron chi connectivity index (χ4n) is 2.48. The number of anilines is 1. The van der Waals surface area contributed by atoms with E-state index in [4.69, 9.17) is 10.5 Å². The van der Waals surface area contributed by atoms with E-state index < -0.39 is 18.0 Å². The van der Waals surface area contributed by atoms with E-state index in [1.807, 2.05) is 30.3 Å². The number of carbonyl (C=O) groups is 2. The minimum Gasteiger partial charge on any atom is -0.489 e. The van der Waals surface area contributed by atoms with Gasteiger partial charge in [0.2, 0.25) is 0 Å². The van der Waals surface area contributed by atoms with Crippen molar-refractivity contribution in [3.63, 3.8) is 0 Å². The summed E-state index contributed by atoms with van der Waals surface area (Å²) in [5, 5.41) is 14.3. The molecule has 144 valence electrons. The third kappa shape index (κ3) is 7.37. The topological polar surface area (TPSA) is 114 Å². The number of amides is 2. The maximum Gasteiger partial charge on any atom is 0.326 e. The lowest BCUT2D eigenvalue weighted by molar-refractivity contribution is -0.139. The molecule has 0 aromatic heterocycles. The van der Waals surface area contributed by atoms with Gasteiger partial charge in [-0.1, -0.05) is 36.4 Å². The average Bonchev–Trinajstić information content (AvgIpc) is 2.67. The van der Waals surface area contributed by atoms with E-state index in [9.17, 15) is 14.7 Å². The average molecular weight is 371 g/mol. The van der Waals surface area contributed by atoms with Crippen LogP contribution in [-0.4, -0.2) is 29.7 Å². The number of carboxylic acid groups (broad SMARTS) is 1. The van der Waals surface area contributed by atoms with Crippen LogP contribution in [0, 0.1) is 0 Å². The zero-order valence-corrected chi connectivity index (χ0v) is 15.1. The molecule has 0 fully saturated rings. The second-order valence-electron chi connectivity index (χ2n) is 6.08. The normalized spacial score (nSPS) is 11.4. The third-order valence-electron chi connectivity index (χ3n) is 3.89. The van der Waals surface area contributed by atoms with Gasteiger partial charge in [0, 0.05) is 11.8 Å². The van der Waals surface area contributed by atoms with Crippen LogP contribution >= 0.6 is 0 Å². The van der Waals surface area contributed by atoms with Crippen molar-refractivity contribution in [2.45, 2.75) is 31.9 Å². The lowest BCUT2D eigenvalue weighted by Gasteiger charge is -2.15. The summed E-state index contributed by atoms with van der Waals surface area (Å²) in [6.45, 7) is 0.910. The maximum atomic E-state index is 12.1. The van der Waals surface area contributed by atoms with Crippen molar-refractivity contribution in [2.24, 2.45) is 5.73 Å². The van der Waals surface area contributed by atoms with Crippen LogP contribution < -0.4 is 21.1 Å². The molecule has 27 heavy (non-hydrogen) atoms. The number of hydrogen-bond acceptors (Lipinski definition) is 4. The third-order valence-corrected chi connectivity index (χ3v) is 3.89. The Kier molecular flexibility index (Phi) is 8.12. The van der Waals surface area contributed by atoms with E-state index in [0.29, 0.717) is 43.9 Å². The molecular weight excluding hydrogens is 346 g/mol. The van der Waals surface area contributed by atoms with Crippen LogP contribution in [-0.2, 0) is 11.4 Å². The second-order valence-corrected chi connectivity index (χ2v) is 6.08. The molecule has 5 N–H and O–H groups in total. The van der Waals surface area contributed by atoms with E-state index in [2.05, 4.69) is 10.6 Å². The van der Waals surface area contributed by atoms with Gasteiger partial charge in [-0.25, -0.2) is 9.59 Å². The highest BCUT2D eigenvalue weighted by Gasteiger charge is 2.19. The number of urea groups is 1. The van der Waals surface area contributed by atoms with Crippen molar-refractivity contribution in [2.75, 3.05) is 11.9 Å². The van der Waals surface area contributed by atoms with E-state index in [0.717, 1.165) is 5.56 Å². The molecule has 2 amide bonds. The lowest BCUT2D eigenvalue weighted by atomic mass is 10.1. The van der Waals surface area contributed by atoms with Gasteiger partial charge in [-0.3, -0.25) is 0 Å². The van der Waals surface area contributed by atoms with Gasteiger partial charge in [-0.05, 0) is 43.5 Å². The summed E-state index contributed by atoms with van der Waals surface area (Å²) in [6, 6.07) is 15.2. The van der Waals surface area contributed by atoms with Gasteiger partial charge in [-0.2, -0.15) is 0 Å². The van der Waals surface area contributed by atoms with Crippen molar-refractivity contribution >= 4 is 17.7 Å². The smallest absolute Gasteiger partial charge is 0.326 e. The van der Waals surface area contributed by atoms with Gasteiger partial charge >= 0.3 is 12.0 Å². The summed E-state index contributed by atoms with van der Waals surface area (Å²) in [5.74, 6) is -0.462. The van der Waals surface area contributed by atoms with Crippen LogP contribution in [0.2, 0.25) is 0 Å². The molecule has 7 nitrogen and oxygen atoms in total. The molecule has 1 unspecified atom stereocenters. The molecule has 1 atom stereocenters. The molecule has 0 aliphatic carbocycles. The molecule has 2 aromatic rings. The standard InChI is InChI=1S/C20H25N3O4/c21-12-5-4-11-18(19(24)25)23-20(26)22-16-9-6-10-17(13-16)27-14-15-7-2-1-3-8-15/h1-3,6-10,13,18H,4-5,11-12,14,21H2,(H,24,25)(H2,22,23,26). The highest BCUT2D eigenvalue weighted by Crippen LogP contribution is 2.18. The second kappa shape index (κ2) is 10.8. The summed E-state index contributed by atoms with van der Waals surface area (Å²) in [6.07, 6.45) is 1.69. The van der Waals surface area contributed by atoms with Crippen molar-refractivity contribution in [3.8, 4) is 5.75 Å². The van der Waals surface area contributed by atoms with Crippen LogP contribution in [0.25, 0.3) is 0 Å². The Bertz CT molecular complexity index is 737. The van der Waals surface area contributed by atoms with Gasteiger partial charge in [0.15, 0.2) is 0 Å². The summed E-state index contributed by atoms with van der Waals surface area (Å²) >= 11 is 0. The highest BCUT2D eigenvalue weighted by molar-refractivity contribution is 5.92. The van der Waals surface area contributed by atoms with Crippen molar-refractivity contribution < 1.29 is 19.4 Å². The zero-order chi connectivity index (χ0) is 19.5. The molecule has 0 spiro atoms. The van der Waals surface area contributed by atoms with Crippen molar-refractivity contribution in [3.05, 3.63) is 60.2 Å². The van der Waals surface area contributed by atoms with E-state index in [1.54, 1.807) is 24.3 Å². The number of carbonyl (C=O) groups excluding carboxylic acids is 1. The molecule has 0 heterocycles. The lowest BCUT2D eigenvalue weighted by Crippen LogP contribution is -2.43. The zero-order valence-electron chi connectivity index (χ0n) is 15.1. The number of nitrogens with two attached hydrogens (primary N) is 1. The van der Waals surface area contributed by atoms with Crippen LogP contribution in [0.1, 0.15) is 24.8 Å². The summed E-state index contributed by atoms with van der Waals surface area (Å²) in [5.41, 5.74) is 6.97. The Labute approximate surface area is 158 Å². The predicted octanol–water partition coefficient (Wildman–Crippen LogP) is 2.97. The quantitative estimate of drug-likeness (QED) is 0.480. The number of nitrogens with one attached hydrogen (secondary N) is 2. The first-order valence-corrected chi connectivity index (χ1v) is 8.85. The molecule has 0 radical (unpaired) electrons. The fraction of sp³-hybridized carbons (Fsp3) is 0.300. The molecule has 0 saturated carbocycles. The Hall–Kier alpha value is -3.06. The Morgan fingerprint density at radius 2 is 1.85 bits per heavy atom. The number of ether oxygens (including phenoxy) is 1. The Morgan fingerprint density at radius 3 is 2.56 bits per heavy atom. The van der Waals surface area contributed by atoms with Crippen molar-refractivity contribution in [1.82, 2.24) is 5.32 Å². The first-order valence-electron chi connectivity index (χ1n) is 8.85. The van der Waals surface area contributed by atoms with E-state index >= 15 is 0 Å². The predicted molar refractivity (Wildman–Crippen MR) is 104 cm³/mol. The first-order chi connectivity index (χ1) is 13.1. The molecule has 2 aromatic carbocycles. The van der Waals surface area contributed by atoms with Gasteiger partial charge in [0.25, 0.3) is 0 Å². The Morgan fingerprint density at radius 1 is 1.07 bits per heavy atom. The Balaban J connectivity index is 1.88. The van der Waals surface area contributed by atoms with Crippen molar-refractivity contribution in [1.29, 1.82) is 0 Å². The number of rotatable bonds is 10. The summed E-state index contributed by atoms with van der Waals surface area (Å²) in [4.78, 5) is 23.4. The largest absolute Gasteiger partial charge is 0.489 e. The van der Waals surface area contributed by atoms with Gasteiger partial charge < -0.3 is 26.2 Å². The minimum absolute atomic E-state index is 0.334. The highest BCUT2D eigenvalue weighted by atomic mass is 16.5.